The lowest BCUT2D eigenvalue weighted by Crippen LogP contribution is -2.31. The Labute approximate surface area is 98.9 Å². The number of aromatic nitrogens is 4. The predicted octanol–water partition coefficient (Wildman–Crippen LogP) is 2.34. The van der Waals surface area contributed by atoms with E-state index in [-0.39, 0.29) is 11.5 Å². The molecule has 1 atom stereocenters. The molecule has 0 saturated heterocycles. The Morgan fingerprint density at radius 3 is 2.71 bits per heavy atom. The lowest BCUT2D eigenvalue weighted by atomic mass is 9.88. The van der Waals surface area contributed by atoms with Crippen LogP contribution in [0.3, 0.4) is 0 Å². The minimum atomic E-state index is -0.646. The standard InChI is InChI=1S/C11H16FN5/c1-6(11(2,3)4)15-8-7-9(14-5-13-8)17-10(12)16-7/h5-6H,1-4H3,(H2,13,14,15,16,17)/t6-/m1/s1. The van der Waals surface area contributed by atoms with Crippen molar-refractivity contribution in [1.82, 2.24) is 19.9 Å². The number of hydrogen-bond acceptors (Lipinski definition) is 4. The van der Waals surface area contributed by atoms with E-state index in [1.807, 2.05) is 0 Å². The van der Waals surface area contributed by atoms with Gasteiger partial charge < -0.3 is 5.32 Å². The maximum absolute atomic E-state index is 13.0. The van der Waals surface area contributed by atoms with Crippen LogP contribution in [0.2, 0.25) is 0 Å². The third kappa shape index (κ3) is 2.35. The molecule has 0 aliphatic carbocycles. The summed E-state index contributed by atoms with van der Waals surface area (Å²) in [6.07, 6.45) is 0.740. The van der Waals surface area contributed by atoms with Crippen molar-refractivity contribution in [2.75, 3.05) is 5.32 Å². The maximum Gasteiger partial charge on any atom is 0.288 e. The zero-order chi connectivity index (χ0) is 12.6. The highest BCUT2D eigenvalue weighted by Crippen LogP contribution is 2.24. The Morgan fingerprint density at radius 2 is 2.06 bits per heavy atom. The molecular weight excluding hydrogens is 221 g/mol. The van der Waals surface area contributed by atoms with Gasteiger partial charge in [-0.25, -0.2) is 9.97 Å². The van der Waals surface area contributed by atoms with Gasteiger partial charge in [-0.2, -0.15) is 9.37 Å². The quantitative estimate of drug-likeness (QED) is 0.787. The fourth-order valence-corrected chi connectivity index (χ4v) is 1.33. The molecule has 0 amide bonds. The van der Waals surface area contributed by atoms with Crippen LogP contribution in [0.25, 0.3) is 11.2 Å². The number of nitrogens with one attached hydrogen (secondary N) is 2. The van der Waals surface area contributed by atoms with Crippen LogP contribution in [0.1, 0.15) is 27.7 Å². The molecule has 2 heterocycles. The number of rotatable bonds is 2. The van der Waals surface area contributed by atoms with Gasteiger partial charge in [0.2, 0.25) is 0 Å². The van der Waals surface area contributed by atoms with E-state index in [1.54, 1.807) is 0 Å². The molecule has 2 rings (SSSR count). The molecule has 0 aliphatic rings. The van der Waals surface area contributed by atoms with Crippen LogP contribution < -0.4 is 5.32 Å². The summed E-state index contributed by atoms with van der Waals surface area (Å²) in [5.74, 6) is 0.553. The average molecular weight is 237 g/mol. The third-order valence-electron chi connectivity index (χ3n) is 2.91. The summed E-state index contributed by atoms with van der Waals surface area (Å²) in [6.45, 7) is 8.41. The smallest absolute Gasteiger partial charge is 0.288 e. The topological polar surface area (TPSA) is 66.5 Å². The number of hydrogen-bond donors (Lipinski definition) is 2. The fraction of sp³-hybridized carbons (Fsp3) is 0.545. The number of fused-ring (bicyclic) bond motifs is 1. The van der Waals surface area contributed by atoms with E-state index in [0.29, 0.717) is 17.0 Å². The first-order valence-electron chi connectivity index (χ1n) is 5.50. The highest BCUT2D eigenvalue weighted by molar-refractivity contribution is 5.82. The Kier molecular flexibility index (Phi) is 2.73. The highest BCUT2D eigenvalue weighted by Gasteiger charge is 2.21. The Hall–Kier alpha value is -1.72. The Bertz CT molecular complexity index is 528. The Balaban J connectivity index is 2.36. The van der Waals surface area contributed by atoms with Crippen LogP contribution in [-0.2, 0) is 0 Å². The molecule has 6 heteroatoms. The highest BCUT2D eigenvalue weighted by atomic mass is 19.1. The van der Waals surface area contributed by atoms with Gasteiger partial charge in [0.1, 0.15) is 6.33 Å². The predicted molar refractivity (Wildman–Crippen MR) is 64.2 cm³/mol. The van der Waals surface area contributed by atoms with Gasteiger partial charge in [0, 0.05) is 6.04 Å². The molecular formula is C11H16FN5. The summed E-state index contributed by atoms with van der Waals surface area (Å²) in [7, 11) is 0. The van der Waals surface area contributed by atoms with Gasteiger partial charge in [-0.3, -0.25) is 4.98 Å². The first-order chi connectivity index (χ1) is 7.88. The summed E-state index contributed by atoms with van der Waals surface area (Å²) in [6, 6.07) is 0.181. The molecule has 0 unspecified atom stereocenters. The van der Waals surface area contributed by atoms with Gasteiger partial charge in [-0.1, -0.05) is 20.8 Å². The summed E-state index contributed by atoms with van der Waals surface area (Å²) in [5.41, 5.74) is 0.911. The number of halogens is 1. The third-order valence-corrected chi connectivity index (χ3v) is 2.91. The summed E-state index contributed by atoms with van der Waals surface area (Å²) < 4.78 is 13.0. The first kappa shape index (κ1) is 11.8. The molecule has 92 valence electrons. The van der Waals surface area contributed by atoms with E-state index in [4.69, 9.17) is 0 Å². The van der Waals surface area contributed by atoms with Crippen molar-refractivity contribution in [3.63, 3.8) is 0 Å². The second-order valence-corrected chi connectivity index (χ2v) is 5.18. The molecule has 5 nitrogen and oxygen atoms in total. The molecule has 0 fully saturated rings. The van der Waals surface area contributed by atoms with E-state index in [9.17, 15) is 4.39 Å². The summed E-state index contributed by atoms with van der Waals surface area (Å²) in [5, 5.41) is 3.24. The number of imidazole rings is 1. The molecule has 0 spiro atoms. The van der Waals surface area contributed by atoms with Crippen molar-refractivity contribution in [3.8, 4) is 0 Å². The van der Waals surface area contributed by atoms with Gasteiger partial charge in [0.05, 0.1) is 0 Å². The minimum absolute atomic E-state index is 0.0755. The van der Waals surface area contributed by atoms with Crippen LogP contribution in [0.5, 0.6) is 0 Å². The SMILES string of the molecule is C[C@@H](Nc1ncnc2[nH]c(F)nc12)C(C)(C)C. The van der Waals surface area contributed by atoms with E-state index < -0.39 is 6.08 Å². The van der Waals surface area contributed by atoms with Gasteiger partial charge >= 0.3 is 0 Å². The number of anilines is 1. The molecule has 2 N–H and O–H groups in total. The fourth-order valence-electron chi connectivity index (χ4n) is 1.33. The van der Waals surface area contributed by atoms with E-state index >= 15 is 0 Å². The zero-order valence-electron chi connectivity index (χ0n) is 10.4. The lowest BCUT2D eigenvalue weighted by Gasteiger charge is -2.28. The minimum Gasteiger partial charge on any atom is -0.365 e. The van der Waals surface area contributed by atoms with Gasteiger partial charge in [0.15, 0.2) is 17.0 Å². The van der Waals surface area contributed by atoms with Crippen LogP contribution >= 0.6 is 0 Å². The molecule has 0 saturated carbocycles. The monoisotopic (exact) mass is 237 g/mol. The van der Waals surface area contributed by atoms with E-state index in [2.05, 4.69) is 52.9 Å². The van der Waals surface area contributed by atoms with Crippen LogP contribution in [0.15, 0.2) is 6.33 Å². The van der Waals surface area contributed by atoms with Gasteiger partial charge in [-0.05, 0) is 12.3 Å². The van der Waals surface area contributed by atoms with E-state index in [0.717, 1.165) is 0 Å². The molecule has 0 aliphatic heterocycles. The second-order valence-electron chi connectivity index (χ2n) is 5.18. The van der Waals surface area contributed by atoms with Crippen molar-refractivity contribution in [1.29, 1.82) is 0 Å². The van der Waals surface area contributed by atoms with Gasteiger partial charge in [-0.15, -0.1) is 0 Å². The Morgan fingerprint density at radius 1 is 1.35 bits per heavy atom. The number of H-pyrrole nitrogens is 1. The second kappa shape index (κ2) is 3.94. The molecule has 0 aromatic carbocycles. The van der Waals surface area contributed by atoms with Crippen LogP contribution in [0, 0.1) is 11.5 Å². The largest absolute Gasteiger partial charge is 0.365 e. The van der Waals surface area contributed by atoms with Crippen molar-refractivity contribution in [3.05, 3.63) is 12.4 Å². The van der Waals surface area contributed by atoms with Gasteiger partial charge in [0.25, 0.3) is 6.08 Å². The summed E-state index contributed by atoms with van der Waals surface area (Å²) in [4.78, 5) is 14.2. The average Bonchev–Trinajstić information content (AvgIpc) is 2.58. The lowest BCUT2D eigenvalue weighted by molar-refractivity contribution is 0.359. The molecule has 0 bridgehead atoms. The molecule has 0 radical (unpaired) electrons. The molecule has 2 aromatic heterocycles. The number of nitrogens with zero attached hydrogens (tertiary/aromatic N) is 3. The van der Waals surface area contributed by atoms with Crippen molar-refractivity contribution >= 4 is 17.0 Å². The number of aromatic amines is 1. The van der Waals surface area contributed by atoms with Crippen LogP contribution in [-0.4, -0.2) is 26.0 Å². The molecule has 17 heavy (non-hydrogen) atoms. The van der Waals surface area contributed by atoms with Crippen molar-refractivity contribution < 1.29 is 4.39 Å². The normalized spacial score (nSPS) is 13.9. The maximum atomic E-state index is 13.0. The summed E-state index contributed by atoms with van der Waals surface area (Å²) >= 11 is 0. The zero-order valence-corrected chi connectivity index (χ0v) is 10.4. The first-order valence-corrected chi connectivity index (χ1v) is 5.50. The van der Waals surface area contributed by atoms with Crippen molar-refractivity contribution in [2.24, 2.45) is 5.41 Å². The van der Waals surface area contributed by atoms with Crippen molar-refractivity contribution in [2.45, 2.75) is 33.7 Å². The van der Waals surface area contributed by atoms with E-state index in [1.165, 1.54) is 6.33 Å². The molecule has 2 aromatic rings. The van der Waals surface area contributed by atoms with Crippen LogP contribution in [0.4, 0.5) is 10.2 Å².